The molecule has 2 rings (SSSR count). The van der Waals surface area contributed by atoms with Crippen LogP contribution in [-0.4, -0.2) is 11.0 Å². The van der Waals surface area contributed by atoms with Crippen LogP contribution in [0.15, 0.2) is 42.5 Å². The minimum Gasteiger partial charge on any atom is -0.340 e. The highest BCUT2D eigenvalue weighted by atomic mass is 19.1. The molecule has 2 aromatic carbocycles. The molecule has 0 saturated carbocycles. The van der Waals surface area contributed by atoms with Crippen molar-refractivity contribution in [2.75, 3.05) is 0 Å². The number of rotatable bonds is 4. The van der Waals surface area contributed by atoms with Gasteiger partial charge in [0.1, 0.15) is 5.82 Å². The van der Waals surface area contributed by atoms with Gasteiger partial charge in [0.05, 0.1) is 0 Å². The first-order chi connectivity index (χ1) is 10.0. The number of carbonyl (C=O) groups is 1. The third kappa shape index (κ3) is 3.55. The SMILES string of the molecule is Cc1cc(C=CC(=O)c2ccc(F)cc2)cc(C)c1OO. The third-order valence-corrected chi connectivity index (χ3v) is 3.13. The fourth-order valence-corrected chi connectivity index (χ4v) is 2.11. The maximum atomic E-state index is 12.8. The normalized spacial score (nSPS) is 10.9. The molecule has 0 radical (unpaired) electrons. The van der Waals surface area contributed by atoms with Crippen LogP contribution >= 0.6 is 0 Å². The van der Waals surface area contributed by atoms with E-state index < -0.39 is 0 Å². The fourth-order valence-electron chi connectivity index (χ4n) is 2.11. The summed E-state index contributed by atoms with van der Waals surface area (Å²) in [5.74, 6) is -0.161. The maximum absolute atomic E-state index is 12.8. The van der Waals surface area contributed by atoms with E-state index in [0.717, 1.165) is 16.7 Å². The molecule has 0 aromatic heterocycles. The Morgan fingerprint density at radius 2 is 1.71 bits per heavy atom. The molecule has 0 fully saturated rings. The average molecular weight is 286 g/mol. The Bertz CT molecular complexity index is 665. The minimum atomic E-state index is -0.374. The molecule has 0 amide bonds. The molecule has 2 aromatic rings. The summed E-state index contributed by atoms with van der Waals surface area (Å²) in [5, 5.41) is 8.78. The molecule has 0 saturated heterocycles. The number of hydrogen-bond donors (Lipinski definition) is 1. The van der Waals surface area contributed by atoms with Crippen molar-refractivity contribution in [3.8, 4) is 5.75 Å². The fraction of sp³-hybridized carbons (Fsp3) is 0.118. The van der Waals surface area contributed by atoms with Crippen molar-refractivity contribution in [3.05, 3.63) is 70.5 Å². The number of hydrogen-bond acceptors (Lipinski definition) is 3. The lowest BCUT2D eigenvalue weighted by Gasteiger charge is -2.07. The Hall–Kier alpha value is -2.46. The molecule has 4 heteroatoms. The van der Waals surface area contributed by atoms with E-state index in [9.17, 15) is 9.18 Å². The van der Waals surface area contributed by atoms with Crippen LogP contribution in [0.3, 0.4) is 0 Å². The molecule has 0 aliphatic heterocycles. The number of aryl methyl sites for hydroxylation is 2. The third-order valence-electron chi connectivity index (χ3n) is 3.13. The van der Waals surface area contributed by atoms with Crippen LogP contribution in [0.25, 0.3) is 6.08 Å². The Kier molecular flexibility index (Phi) is 4.50. The number of carbonyl (C=O) groups excluding carboxylic acids is 1. The van der Waals surface area contributed by atoms with Crippen molar-refractivity contribution < 1.29 is 19.3 Å². The van der Waals surface area contributed by atoms with Crippen LogP contribution in [0.2, 0.25) is 0 Å². The second-order valence-electron chi connectivity index (χ2n) is 4.78. The van der Waals surface area contributed by atoms with Gasteiger partial charge in [-0.1, -0.05) is 6.08 Å². The standard InChI is InChI=1S/C17H15FO3/c1-11-9-13(10-12(2)17(11)21-20)3-8-16(19)14-4-6-15(18)7-5-14/h3-10,20H,1-2H3. The van der Waals surface area contributed by atoms with Crippen molar-refractivity contribution in [2.24, 2.45) is 0 Å². The lowest BCUT2D eigenvalue weighted by molar-refractivity contribution is -0.138. The molecule has 3 nitrogen and oxygen atoms in total. The van der Waals surface area contributed by atoms with Gasteiger partial charge in [0.25, 0.3) is 0 Å². The van der Waals surface area contributed by atoms with E-state index in [1.165, 1.54) is 30.3 Å². The molecule has 0 unspecified atom stereocenters. The van der Waals surface area contributed by atoms with Gasteiger partial charge in [-0.2, -0.15) is 0 Å². The zero-order valence-electron chi connectivity index (χ0n) is 11.8. The number of benzene rings is 2. The predicted octanol–water partition coefficient (Wildman–Crippen LogP) is 4.19. The van der Waals surface area contributed by atoms with Crippen molar-refractivity contribution in [3.63, 3.8) is 0 Å². The minimum absolute atomic E-state index is 0.201. The average Bonchev–Trinajstić information content (AvgIpc) is 2.45. The van der Waals surface area contributed by atoms with Crippen molar-refractivity contribution in [1.29, 1.82) is 0 Å². The summed E-state index contributed by atoms with van der Waals surface area (Å²) in [5.41, 5.74) is 2.79. The molecule has 0 bridgehead atoms. The maximum Gasteiger partial charge on any atom is 0.185 e. The highest BCUT2D eigenvalue weighted by molar-refractivity contribution is 6.06. The van der Waals surface area contributed by atoms with Crippen molar-refractivity contribution in [2.45, 2.75) is 13.8 Å². The van der Waals surface area contributed by atoms with Crippen LogP contribution in [-0.2, 0) is 0 Å². The van der Waals surface area contributed by atoms with E-state index in [-0.39, 0.29) is 11.6 Å². The smallest absolute Gasteiger partial charge is 0.185 e. The van der Waals surface area contributed by atoms with E-state index in [2.05, 4.69) is 4.89 Å². The van der Waals surface area contributed by atoms with Gasteiger partial charge in [0, 0.05) is 5.56 Å². The van der Waals surface area contributed by atoms with E-state index in [1.54, 1.807) is 32.1 Å². The largest absolute Gasteiger partial charge is 0.340 e. The summed E-state index contributed by atoms with van der Waals surface area (Å²) < 4.78 is 12.8. The van der Waals surface area contributed by atoms with Gasteiger partial charge >= 0.3 is 0 Å². The van der Waals surface area contributed by atoms with Gasteiger partial charge < -0.3 is 4.89 Å². The number of halogens is 1. The Balaban J connectivity index is 2.21. The monoisotopic (exact) mass is 286 g/mol. The molecule has 0 spiro atoms. The quantitative estimate of drug-likeness (QED) is 0.397. The topological polar surface area (TPSA) is 46.5 Å². The van der Waals surface area contributed by atoms with Crippen LogP contribution in [0.1, 0.15) is 27.0 Å². The van der Waals surface area contributed by atoms with Crippen LogP contribution < -0.4 is 4.89 Å². The Morgan fingerprint density at radius 3 is 2.24 bits per heavy atom. The Labute approximate surface area is 122 Å². The number of ketones is 1. The van der Waals surface area contributed by atoms with Crippen LogP contribution in [0, 0.1) is 19.7 Å². The van der Waals surface area contributed by atoms with Gasteiger partial charge in [-0.05, 0) is 73.0 Å². The first kappa shape index (κ1) is 14.9. The van der Waals surface area contributed by atoms with Gasteiger partial charge in [-0.25, -0.2) is 9.65 Å². The molecule has 21 heavy (non-hydrogen) atoms. The zero-order valence-corrected chi connectivity index (χ0v) is 11.8. The van der Waals surface area contributed by atoms with Crippen molar-refractivity contribution in [1.82, 2.24) is 0 Å². The summed E-state index contributed by atoms with van der Waals surface area (Å²) >= 11 is 0. The van der Waals surface area contributed by atoms with E-state index in [4.69, 9.17) is 5.26 Å². The zero-order chi connectivity index (χ0) is 15.4. The summed E-state index contributed by atoms with van der Waals surface area (Å²) in [6.07, 6.45) is 3.10. The highest BCUT2D eigenvalue weighted by Crippen LogP contribution is 2.24. The lowest BCUT2D eigenvalue weighted by Crippen LogP contribution is -1.95. The molecule has 0 aliphatic rings. The van der Waals surface area contributed by atoms with Gasteiger partial charge in [-0.3, -0.25) is 4.79 Å². The molecule has 108 valence electrons. The molecule has 1 N–H and O–H groups in total. The van der Waals surface area contributed by atoms with E-state index in [1.807, 2.05) is 0 Å². The second kappa shape index (κ2) is 6.33. The van der Waals surface area contributed by atoms with Gasteiger partial charge in [0.2, 0.25) is 0 Å². The Morgan fingerprint density at radius 1 is 1.14 bits per heavy atom. The van der Waals surface area contributed by atoms with Gasteiger partial charge in [-0.15, -0.1) is 0 Å². The highest BCUT2D eigenvalue weighted by Gasteiger charge is 2.06. The molecule has 0 aliphatic carbocycles. The van der Waals surface area contributed by atoms with Crippen molar-refractivity contribution >= 4 is 11.9 Å². The van der Waals surface area contributed by atoms with Crippen LogP contribution in [0.4, 0.5) is 4.39 Å². The summed E-state index contributed by atoms with van der Waals surface area (Å²) in [4.78, 5) is 16.3. The van der Waals surface area contributed by atoms with E-state index in [0.29, 0.717) is 11.3 Å². The van der Waals surface area contributed by atoms with Crippen LogP contribution in [0.5, 0.6) is 5.75 Å². The number of allylic oxidation sites excluding steroid dienone is 1. The second-order valence-corrected chi connectivity index (χ2v) is 4.78. The van der Waals surface area contributed by atoms with Gasteiger partial charge in [0.15, 0.2) is 11.5 Å². The summed E-state index contributed by atoms with van der Waals surface area (Å²) in [6.45, 7) is 3.61. The molecular formula is C17H15FO3. The summed E-state index contributed by atoms with van der Waals surface area (Å²) in [6, 6.07) is 8.99. The molecule has 0 atom stereocenters. The first-order valence-electron chi connectivity index (χ1n) is 6.42. The lowest BCUT2D eigenvalue weighted by atomic mass is 10.0. The molecular weight excluding hydrogens is 271 g/mol. The van der Waals surface area contributed by atoms with E-state index >= 15 is 0 Å². The summed E-state index contributed by atoms with van der Waals surface area (Å²) in [7, 11) is 0. The molecule has 0 heterocycles. The first-order valence-corrected chi connectivity index (χ1v) is 6.42. The predicted molar refractivity (Wildman–Crippen MR) is 78.9 cm³/mol.